The van der Waals surface area contributed by atoms with Crippen molar-refractivity contribution in [2.24, 2.45) is 17.6 Å². The molecule has 170 valence electrons. The number of nitrogens with two attached hydrogens (primary N) is 1. The zero-order valence-electron chi connectivity index (χ0n) is 18.8. The molecule has 0 saturated heterocycles. The first-order valence-corrected chi connectivity index (χ1v) is 11.4. The second-order valence-corrected chi connectivity index (χ2v) is 8.39. The van der Waals surface area contributed by atoms with Gasteiger partial charge >= 0.3 is 0 Å². The van der Waals surface area contributed by atoms with Crippen molar-refractivity contribution in [1.82, 2.24) is 10.2 Å². The zero-order valence-corrected chi connectivity index (χ0v) is 18.8. The molecule has 1 unspecified atom stereocenters. The van der Waals surface area contributed by atoms with Gasteiger partial charge in [0.25, 0.3) is 0 Å². The van der Waals surface area contributed by atoms with Crippen LogP contribution >= 0.6 is 0 Å². The van der Waals surface area contributed by atoms with Gasteiger partial charge in [-0.15, -0.1) is 0 Å². The number of carbonyl (C=O) groups is 2. The summed E-state index contributed by atoms with van der Waals surface area (Å²) in [6.07, 6.45) is 9.21. The number of ether oxygens (including phenoxy) is 2. The molecule has 1 saturated carbocycles. The Hall–Kier alpha value is -1.18. The molecule has 0 heterocycles. The van der Waals surface area contributed by atoms with Gasteiger partial charge in [-0.25, -0.2) is 0 Å². The van der Waals surface area contributed by atoms with E-state index in [4.69, 9.17) is 15.2 Å². The fraction of sp³-hybridized carbons (Fsp3) is 0.909. The molecule has 7 heteroatoms. The van der Waals surface area contributed by atoms with Crippen molar-refractivity contribution in [1.29, 1.82) is 0 Å². The van der Waals surface area contributed by atoms with Crippen molar-refractivity contribution in [2.45, 2.75) is 71.3 Å². The van der Waals surface area contributed by atoms with Crippen molar-refractivity contribution in [3.05, 3.63) is 0 Å². The van der Waals surface area contributed by atoms with Gasteiger partial charge in [-0.05, 0) is 24.7 Å². The molecule has 1 aliphatic rings. The van der Waals surface area contributed by atoms with E-state index in [1.54, 1.807) is 11.9 Å². The van der Waals surface area contributed by atoms with E-state index in [-0.39, 0.29) is 17.7 Å². The van der Waals surface area contributed by atoms with Crippen LogP contribution in [0.2, 0.25) is 0 Å². The molecule has 7 nitrogen and oxygen atoms in total. The highest BCUT2D eigenvalue weighted by atomic mass is 16.5. The van der Waals surface area contributed by atoms with Crippen molar-refractivity contribution < 1.29 is 19.1 Å². The Morgan fingerprint density at radius 2 is 1.72 bits per heavy atom. The lowest BCUT2D eigenvalue weighted by molar-refractivity contribution is -0.140. The molecule has 1 fully saturated rings. The van der Waals surface area contributed by atoms with Gasteiger partial charge in [-0.1, -0.05) is 46.0 Å². The average molecular weight is 414 g/mol. The maximum atomic E-state index is 12.6. The Morgan fingerprint density at radius 3 is 2.34 bits per heavy atom. The molecule has 0 bridgehead atoms. The molecule has 29 heavy (non-hydrogen) atoms. The summed E-state index contributed by atoms with van der Waals surface area (Å²) >= 11 is 0. The van der Waals surface area contributed by atoms with E-state index in [1.165, 1.54) is 32.1 Å². The second-order valence-electron chi connectivity index (χ2n) is 8.39. The lowest BCUT2D eigenvalue weighted by Crippen LogP contribution is -2.51. The van der Waals surface area contributed by atoms with Crippen LogP contribution in [0.5, 0.6) is 0 Å². The van der Waals surface area contributed by atoms with Crippen LogP contribution in [0.3, 0.4) is 0 Å². The summed E-state index contributed by atoms with van der Waals surface area (Å²) in [5.74, 6) is 0.772. The third-order valence-electron chi connectivity index (χ3n) is 5.62. The summed E-state index contributed by atoms with van der Waals surface area (Å²) in [5, 5.41) is 2.89. The highest BCUT2D eigenvalue weighted by molar-refractivity contribution is 5.87. The van der Waals surface area contributed by atoms with E-state index in [1.807, 2.05) is 13.8 Å². The number of hydrogen-bond donors (Lipinski definition) is 2. The van der Waals surface area contributed by atoms with Crippen LogP contribution in [0.15, 0.2) is 0 Å². The minimum atomic E-state index is -0.454. The van der Waals surface area contributed by atoms with Crippen LogP contribution in [-0.4, -0.2) is 69.3 Å². The first-order valence-electron chi connectivity index (χ1n) is 11.4. The quantitative estimate of drug-likeness (QED) is 0.402. The number of nitrogens with zero attached hydrogens (tertiary/aromatic N) is 1. The van der Waals surface area contributed by atoms with E-state index < -0.39 is 6.04 Å². The topological polar surface area (TPSA) is 93.9 Å². The molecule has 0 radical (unpaired) electrons. The van der Waals surface area contributed by atoms with Gasteiger partial charge in [0.2, 0.25) is 11.8 Å². The first-order chi connectivity index (χ1) is 14.0. The zero-order chi connectivity index (χ0) is 21.5. The predicted octanol–water partition coefficient (Wildman–Crippen LogP) is 2.33. The Kier molecular flexibility index (Phi) is 13.9. The fourth-order valence-corrected chi connectivity index (χ4v) is 4.03. The van der Waals surface area contributed by atoms with Crippen LogP contribution in [-0.2, 0) is 19.1 Å². The van der Waals surface area contributed by atoms with Crippen molar-refractivity contribution in [3.8, 4) is 0 Å². The molecule has 1 aliphatic carbocycles. The van der Waals surface area contributed by atoms with E-state index in [0.717, 1.165) is 18.8 Å². The third-order valence-corrected chi connectivity index (χ3v) is 5.62. The lowest BCUT2D eigenvalue weighted by Gasteiger charge is -2.30. The number of hydrogen-bond acceptors (Lipinski definition) is 5. The molecule has 0 aromatic rings. The number of nitrogens with one attached hydrogen (secondary N) is 1. The summed E-state index contributed by atoms with van der Waals surface area (Å²) in [5.41, 5.74) is 5.34. The van der Waals surface area contributed by atoms with Crippen LogP contribution in [0.1, 0.15) is 65.2 Å². The summed E-state index contributed by atoms with van der Waals surface area (Å²) in [6, 6.07) is -0.454. The standard InChI is InChI=1S/C22H43N3O4/c1-18(2)21(22(27)24-13-15-29-17-16-28-14-12-23)25(3)20(26)11-7-10-19-8-5-4-6-9-19/h18-19,21H,4-17,23H2,1-3H3,(H,24,27). The number of rotatable bonds is 15. The number of carbonyl (C=O) groups excluding carboxylic acids is 2. The molecule has 0 aromatic carbocycles. The molecular weight excluding hydrogens is 370 g/mol. The molecule has 1 atom stereocenters. The Balaban J connectivity index is 2.28. The minimum absolute atomic E-state index is 0.0490. The highest BCUT2D eigenvalue weighted by Crippen LogP contribution is 2.27. The van der Waals surface area contributed by atoms with Gasteiger partial charge in [0, 0.05) is 26.6 Å². The molecule has 0 spiro atoms. The molecule has 0 aliphatic heterocycles. The number of amides is 2. The van der Waals surface area contributed by atoms with Crippen LogP contribution in [0.25, 0.3) is 0 Å². The SMILES string of the molecule is CC(C)C(C(=O)NCCOCCOCCN)N(C)C(=O)CCCC1CCCCC1. The molecular formula is C22H43N3O4. The minimum Gasteiger partial charge on any atom is -0.378 e. The van der Waals surface area contributed by atoms with Gasteiger partial charge in [0.1, 0.15) is 6.04 Å². The fourth-order valence-electron chi connectivity index (χ4n) is 4.03. The largest absolute Gasteiger partial charge is 0.378 e. The van der Waals surface area contributed by atoms with Crippen LogP contribution in [0.4, 0.5) is 0 Å². The van der Waals surface area contributed by atoms with Gasteiger partial charge in [-0.3, -0.25) is 9.59 Å². The Bertz CT molecular complexity index is 453. The van der Waals surface area contributed by atoms with Gasteiger partial charge in [0.15, 0.2) is 0 Å². The van der Waals surface area contributed by atoms with Gasteiger partial charge in [-0.2, -0.15) is 0 Å². The van der Waals surface area contributed by atoms with E-state index in [0.29, 0.717) is 45.9 Å². The lowest BCUT2D eigenvalue weighted by atomic mass is 9.86. The van der Waals surface area contributed by atoms with Gasteiger partial charge in [0.05, 0.1) is 26.4 Å². The van der Waals surface area contributed by atoms with E-state index >= 15 is 0 Å². The molecule has 2 amide bonds. The van der Waals surface area contributed by atoms with Crippen LogP contribution in [0, 0.1) is 11.8 Å². The summed E-state index contributed by atoms with van der Waals surface area (Å²) < 4.78 is 10.7. The monoisotopic (exact) mass is 413 g/mol. The maximum Gasteiger partial charge on any atom is 0.243 e. The second kappa shape index (κ2) is 15.6. The normalized spacial score (nSPS) is 16.0. The van der Waals surface area contributed by atoms with Crippen molar-refractivity contribution in [2.75, 3.05) is 46.6 Å². The van der Waals surface area contributed by atoms with E-state index in [9.17, 15) is 9.59 Å². The van der Waals surface area contributed by atoms with Crippen molar-refractivity contribution >= 4 is 11.8 Å². The third kappa shape index (κ3) is 11.0. The number of likely N-dealkylation sites (N-methyl/N-ethyl adjacent to an activating group) is 1. The molecule has 0 aromatic heterocycles. The predicted molar refractivity (Wildman–Crippen MR) is 116 cm³/mol. The Labute approximate surface area is 177 Å². The van der Waals surface area contributed by atoms with Crippen molar-refractivity contribution in [3.63, 3.8) is 0 Å². The molecule has 3 N–H and O–H groups in total. The Morgan fingerprint density at radius 1 is 1.07 bits per heavy atom. The van der Waals surface area contributed by atoms with Crippen LogP contribution < -0.4 is 11.1 Å². The highest BCUT2D eigenvalue weighted by Gasteiger charge is 2.29. The summed E-state index contributed by atoms with van der Waals surface area (Å²) in [6.45, 7) is 6.78. The maximum absolute atomic E-state index is 12.6. The molecule has 1 rings (SSSR count). The van der Waals surface area contributed by atoms with Gasteiger partial charge < -0.3 is 25.4 Å². The summed E-state index contributed by atoms with van der Waals surface area (Å²) in [7, 11) is 1.75. The van der Waals surface area contributed by atoms with E-state index in [2.05, 4.69) is 5.32 Å². The first kappa shape index (κ1) is 25.9. The summed E-state index contributed by atoms with van der Waals surface area (Å²) in [4.78, 5) is 26.9. The smallest absolute Gasteiger partial charge is 0.243 e. The average Bonchev–Trinajstić information content (AvgIpc) is 2.70.